The van der Waals surface area contributed by atoms with Gasteiger partial charge in [-0.05, 0) is 37.5 Å². The Balaban J connectivity index is 3.59. The Morgan fingerprint density at radius 2 is 2.06 bits per heavy atom. The van der Waals surface area contributed by atoms with E-state index in [1.54, 1.807) is 0 Å². The molecule has 0 aromatic carbocycles. The lowest BCUT2D eigenvalue weighted by atomic mass is 10.2. The van der Waals surface area contributed by atoms with Crippen molar-refractivity contribution in [3.63, 3.8) is 0 Å². The van der Waals surface area contributed by atoms with Crippen molar-refractivity contribution in [2.75, 3.05) is 0 Å². The summed E-state index contributed by atoms with van der Waals surface area (Å²) >= 11 is 0. The lowest BCUT2D eigenvalue weighted by Gasteiger charge is -1.91. The fourth-order valence-electron chi connectivity index (χ4n) is 0.957. The summed E-state index contributed by atoms with van der Waals surface area (Å²) in [6.45, 7) is 5.56. The molecule has 0 rings (SSSR count). The van der Waals surface area contributed by atoms with Crippen molar-refractivity contribution < 1.29 is 5.11 Å². The molecule has 0 aliphatic carbocycles. The quantitative estimate of drug-likeness (QED) is 0.411. The summed E-state index contributed by atoms with van der Waals surface area (Å²) in [4.78, 5) is 0. The van der Waals surface area contributed by atoms with Crippen molar-refractivity contribution in [2.24, 2.45) is 0 Å². The highest BCUT2D eigenvalue weighted by molar-refractivity contribution is 5.27. The molecule has 1 heteroatoms. The standard InChI is InChI=1S/C15H20O/c1-3-5-6-7-8-9-10-11-12-13-14-15(16)4-2/h3,8-9,15-16H,1,4-7,10H2,2H3/b9-8-/t15-/m0/s1. The molecular weight excluding hydrogens is 196 g/mol. The first-order valence-corrected chi connectivity index (χ1v) is 5.73. The molecule has 0 heterocycles. The zero-order chi connectivity index (χ0) is 12.1. The van der Waals surface area contributed by atoms with Gasteiger partial charge in [0.05, 0.1) is 0 Å². The number of rotatable bonds is 6. The molecule has 0 saturated carbocycles. The van der Waals surface area contributed by atoms with E-state index < -0.39 is 6.10 Å². The van der Waals surface area contributed by atoms with E-state index >= 15 is 0 Å². The van der Waals surface area contributed by atoms with Crippen LogP contribution in [0.25, 0.3) is 0 Å². The van der Waals surface area contributed by atoms with Crippen LogP contribution in [0.5, 0.6) is 0 Å². The van der Waals surface area contributed by atoms with E-state index in [9.17, 15) is 0 Å². The fraction of sp³-hybridized carbons (Fsp3) is 0.467. The summed E-state index contributed by atoms with van der Waals surface area (Å²) in [5, 5.41) is 9.12. The van der Waals surface area contributed by atoms with Crippen molar-refractivity contribution in [3.05, 3.63) is 24.8 Å². The predicted octanol–water partition coefficient (Wildman–Crippen LogP) is 3.07. The van der Waals surface area contributed by atoms with Gasteiger partial charge in [-0.1, -0.05) is 37.0 Å². The Kier molecular flexibility index (Phi) is 10.6. The molecule has 86 valence electrons. The molecule has 0 aromatic rings. The molecule has 0 spiro atoms. The largest absolute Gasteiger partial charge is 0.380 e. The van der Waals surface area contributed by atoms with E-state index in [-0.39, 0.29) is 0 Å². The molecule has 0 bridgehead atoms. The second kappa shape index (κ2) is 11.6. The second-order valence-electron chi connectivity index (χ2n) is 3.39. The van der Waals surface area contributed by atoms with Crippen LogP contribution in [0.2, 0.25) is 0 Å². The monoisotopic (exact) mass is 216 g/mol. The number of aliphatic hydroxyl groups excluding tert-OH is 1. The van der Waals surface area contributed by atoms with Crippen LogP contribution in [-0.2, 0) is 0 Å². The van der Waals surface area contributed by atoms with Crippen molar-refractivity contribution in [1.29, 1.82) is 0 Å². The van der Waals surface area contributed by atoms with Crippen LogP contribution in [0, 0.1) is 23.7 Å². The lowest BCUT2D eigenvalue weighted by Crippen LogP contribution is -1.98. The van der Waals surface area contributed by atoms with Gasteiger partial charge < -0.3 is 5.11 Å². The molecule has 0 fully saturated rings. The normalized spacial score (nSPS) is 11.1. The molecule has 0 saturated heterocycles. The Morgan fingerprint density at radius 3 is 2.75 bits per heavy atom. The molecule has 0 aliphatic heterocycles. The highest BCUT2D eigenvalue weighted by atomic mass is 16.3. The zero-order valence-corrected chi connectivity index (χ0v) is 10.00. The van der Waals surface area contributed by atoms with Crippen molar-refractivity contribution in [2.45, 2.75) is 45.1 Å². The van der Waals surface area contributed by atoms with Crippen LogP contribution in [0.15, 0.2) is 24.8 Å². The smallest absolute Gasteiger partial charge is 0.115 e. The van der Waals surface area contributed by atoms with Crippen LogP contribution in [0.3, 0.4) is 0 Å². The summed E-state index contributed by atoms with van der Waals surface area (Å²) in [5.41, 5.74) is 0. The van der Waals surface area contributed by atoms with E-state index in [0.717, 1.165) is 25.7 Å². The Morgan fingerprint density at radius 1 is 1.25 bits per heavy atom. The van der Waals surface area contributed by atoms with Crippen molar-refractivity contribution in [1.82, 2.24) is 0 Å². The van der Waals surface area contributed by atoms with Gasteiger partial charge in [0, 0.05) is 6.42 Å². The van der Waals surface area contributed by atoms with Gasteiger partial charge in [0.1, 0.15) is 6.10 Å². The van der Waals surface area contributed by atoms with Crippen LogP contribution < -0.4 is 0 Å². The maximum absolute atomic E-state index is 9.12. The van der Waals surface area contributed by atoms with E-state index in [0.29, 0.717) is 6.42 Å². The molecule has 0 radical (unpaired) electrons. The minimum atomic E-state index is -0.538. The second-order valence-corrected chi connectivity index (χ2v) is 3.39. The van der Waals surface area contributed by atoms with Gasteiger partial charge in [0.25, 0.3) is 0 Å². The van der Waals surface area contributed by atoms with Gasteiger partial charge in [-0.2, -0.15) is 0 Å². The summed E-state index contributed by atoms with van der Waals surface area (Å²) in [5.74, 6) is 10.9. The third kappa shape index (κ3) is 10.6. The minimum absolute atomic E-state index is 0.538. The summed E-state index contributed by atoms with van der Waals surface area (Å²) in [6.07, 6.45) is 10.2. The van der Waals surface area contributed by atoms with E-state index in [2.05, 4.69) is 36.3 Å². The van der Waals surface area contributed by atoms with Gasteiger partial charge in [0.2, 0.25) is 0 Å². The summed E-state index contributed by atoms with van der Waals surface area (Å²) in [6, 6.07) is 0. The van der Waals surface area contributed by atoms with Crippen molar-refractivity contribution >= 4 is 0 Å². The zero-order valence-electron chi connectivity index (χ0n) is 10.00. The van der Waals surface area contributed by atoms with Crippen LogP contribution >= 0.6 is 0 Å². The molecule has 16 heavy (non-hydrogen) atoms. The van der Waals surface area contributed by atoms with Crippen LogP contribution in [0.1, 0.15) is 39.0 Å². The average Bonchev–Trinajstić information content (AvgIpc) is 2.31. The predicted molar refractivity (Wildman–Crippen MR) is 69.7 cm³/mol. The number of allylic oxidation sites excluding steroid dienone is 3. The van der Waals surface area contributed by atoms with Gasteiger partial charge >= 0.3 is 0 Å². The molecule has 0 aromatic heterocycles. The third-order valence-electron chi connectivity index (χ3n) is 1.94. The number of unbranched alkanes of at least 4 members (excludes halogenated alkanes) is 2. The average molecular weight is 216 g/mol. The van der Waals surface area contributed by atoms with E-state index in [1.165, 1.54) is 0 Å². The first-order chi connectivity index (χ1) is 7.81. The molecule has 1 nitrogen and oxygen atoms in total. The van der Waals surface area contributed by atoms with Gasteiger partial charge in [-0.15, -0.1) is 6.58 Å². The summed E-state index contributed by atoms with van der Waals surface area (Å²) < 4.78 is 0. The van der Waals surface area contributed by atoms with Gasteiger partial charge in [0.15, 0.2) is 0 Å². The number of hydrogen-bond acceptors (Lipinski definition) is 1. The Hall–Kier alpha value is -1.44. The first kappa shape index (κ1) is 14.6. The third-order valence-corrected chi connectivity index (χ3v) is 1.94. The SMILES string of the molecule is C=CCCC/C=C\CC#CC#C[C@@H](O)CC. The van der Waals surface area contributed by atoms with Crippen LogP contribution in [-0.4, -0.2) is 11.2 Å². The molecule has 0 unspecified atom stereocenters. The molecule has 0 amide bonds. The number of hydrogen-bond donors (Lipinski definition) is 1. The first-order valence-electron chi connectivity index (χ1n) is 5.73. The topological polar surface area (TPSA) is 20.2 Å². The van der Waals surface area contributed by atoms with Gasteiger partial charge in [-0.3, -0.25) is 0 Å². The number of aliphatic hydroxyl groups is 1. The Bertz CT molecular complexity index is 317. The minimum Gasteiger partial charge on any atom is -0.380 e. The molecule has 0 aliphatic rings. The molecule has 1 atom stereocenters. The summed E-state index contributed by atoms with van der Waals surface area (Å²) in [7, 11) is 0. The van der Waals surface area contributed by atoms with Crippen LogP contribution in [0.4, 0.5) is 0 Å². The lowest BCUT2D eigenvalue weighted by molar-refractivity contribution is 0.228. The van der Waals surface area contributed by atoms with E-state index in [1.807, 2.05) is 19.1 Å². The molecular formula is C15H20O. The fourth-order valence-corrected chi connectivity index (χ4v) is 0.957. The van der Waals surface area contributed by atoms with Crippen molar-refractivity contribution in [3.8, 4) is 23.7 Å². The highest BCUT2D eigenvalue weighted by Gasteiger charge is 1.88. The van der Waals surface area contributed by atoms with E-state index in [4.69, 9.17) is 5.11 Å². The highest BCUT2D eigenvalue weighted by Crippen LogP contribution is 1.97. The van der Waals surface area contributed by atoms with Gasteiger partial charge in [-0.25, -0.2) is 0 Å². The maximum atomic E-state index is 9.12. The maximum Gasteiger partial charge on any atom is 0.115 e. The Labute approximate surface area is 99.3 Å². The molecule has 1 N–H and O–H groups in total.